The number of carbonyl (C=O) groups is 2. The van der Waals surface area contributed by atoms with Gasteiger partial charge in [-0.25, -0.2) is 0 Å². The minimum atomic E-state index is -0.964. The molecule has 1 amide bonds. The van der Waals surface area contributed by atoms with Gasteiger partial charge in [0.1, 0.15) is 5.76 Å². The minimum Gasteiger partial charge on any atom is -0.507 e. The Morgan fingerprint density at radius 2 is 1.71 bits per heavy atom. The second kappa shape index (κ2) is 9.47. The van der Waals surface area contributed by atoms with Crippen LogP contribution in [0.25, 0.3) is 5.76 Å². The quantitative estimate of drug-likeness (QED) is 0.260. The molecule has 1 fully saturated rings. The third-order valence-electron chi connectivity index (χ3n) is 6.13. The van der Waals surface area contributed by atoms with Crippen molar-refractivity contribution in [1.82, 2.24) is 0 Å². The molecule has 1 saturated heterocycles. The van der Waals surface area contributed by atoms with Crippen LogP contribution in [0.3, 0.4) is 0 Å². The molecule has 0 saturated carbocycles. The fourth-order valence-electron chi connectivity index (χ4n) is 4.25. The summed E-state index contributed by atoms with van der Waals surface area (Å²) in [6.45, 7) is 7.65. The van der Waals surface area contributed by atoms with Crippen LogP contribution in [0.2, 0.25) is 5.02 Å². The summed E-state index contributed by atoms with van der Waals surface area (Å²) >= 11 is 6.35. The van der Waals surface area contributed by atoms with E-state index in [1.165, 1.54) is 11.0 Å². The molecule has 6 nitrogen and oxygen atoms in total. The molecule has 3 aromatic rings. The number of aromatic hydroxyl groups is 1. The molecule has 1 unspecified atom stereocenters. The molecule has 1 atom stereocenters. The van der Waals surface area contributed by atoms with Gasteiger partial charge in [0.05, 0.1) is 18.2 Å². The van der Waals surface area contributed by atoms with E-state index in [0.29, 0.717) is 28.4 Å². The Bertz CT molecular complexity index is 1380. The van der Waals surface area contributed by atoms with Crippen molar-refractivity contribution in [3.05, 3.63) is 93.0 Å². The lowest BCUT2D eigenvalue weighted by atomic mass is 9.93. The Kier molecular flexibility index (Phi) is 6.59. The van der Waals surface area contributed by atoms with Gasteiger partial charge in [0.25, 0.3) is 11.7 Å². The first-order chi connectivity index (χ1) is 16.6. The summed E-state index contributed by atoms with van der Waals surface area (Å²) in [6.07, 6.45) is 0. The van der Waals surface area contributed by atoms with Gasteiger partial charge in [0.2, 0.25) is 0 Å². The number of aryl methyl sites for hydroxylation is 3. The Labute approximate surface area is 209 Å². The standard InChI is InChI=1S/C28H26ClNO5/c1-5-35-23-13-18(9-11-22(23)31)25-24(26(32)20-12-15(2)6-7-16(20)3)27(33)28(34)30(25)19-10-8-17(4)21(29)14-19/h6-14,25,31-32H,5H2,1-4H3/b26-24+. The molecule has 1 heterocycles. The highest BCUT2D eigenvalue weighted by Gasteiger charge is 2.47. The van der Waals surface area contributed by atoms with Gasteiger partial charge in [-0.05, 0) is 74.7 Å². The van der Waals surface area contributed by atoms with Crippen molar-refractivity contribution in [3.63, 3.8) is 0 Å². The van der Waals surface area contributed by atoms with Crippen molar-refractivity contribution in [3.8, 4) is 11.5 Å². The highest BCUT2D eigenvalue weighted by molar-refractivity contribution is 6.51. The lowest BCUT2D eigenvalue weighted by Crippen LogP contribution is -2.29. The van der Waals surface area contributed by atoms with Crippen LogP contribution in [0.1, 0.15) is 40.8 Å². The number of phenols is 1. The number of Topliss-reactive ketones (excluding diaryl/α,β-unsaturated/α-hetero) is 1. The Hall–Kier alpha value is -3.77. The van der Waals surface area contributed by atoms with Crippen LogP contribution in [0.15, 0.2) is 60.2 Å². The van der Waals surface area contributed by atoms with E-state index in [2.05, 4.69) is 0 Å². The number of carbonyl (C=O) groups excluding carboxylic acids is 2. The molecule has 4 rings (SSSR count). The molecule has 0 bridgehead atoms. The third kappa shape index (κ3) is 4.37. The van der Waals surface area contributed by atoms with Gasteiger partial charge in [-0.3, -0.25) is 14.5 Å². The normalized spacial score (nSPS) is 17.2. The number of nitrogens with zero attached hydrogens (tertiary/aromatic N) is 1. The van der Waals surface area contributed by atoms with Crippen molar-refractivity contribution in [2.75, 3.05) is 11.5 Å². The maximum atomic E-state index is 13.4. The van der Waals surface area contributed by atoms with E-state index >= 15 is 0 Å². The van der Waals surface area contributed by atoms with Crippen LogP contribution in [0.5, 0.6) is 11.5 Å². The average molecular weight is 492 g/mol. The van der Waals surface area contributed by atoms with Crippen LogP contribution in [-0.4, -0.2) is 28.5 Å². The smallest absolute Gasteiger partial charge is 0.300 e. The zero-order valence-corrected chi connectivity index (χ0v) is 20.7. The monoisotopic (exact) mass is 491 g/mol. The number of hydrogen-bond donors (Lipinski definition) is 2. The lowest BCUT2D eigenvalue weighted by molar-refractivity contribution is -0.132. The highest BCUT2D eigenvalue weighted by atomic mass is 35.5. The molecule has 0 aliphatic carbocycles. The van der Waals surface area contributed by atoms with Crippen LogP contribution in [0, 0.1) is 20.8 Å². The molecule has 7 heteroatoms. The zero-order valence-electron chi connectivity index (χ0n) is 19.9. The van der Waals surface area contributed by atoms with E-state index in [4.69, 9.17) is 16.3 Å². The Balaban J connectivity index is 2.00. The van der Waals surface area contributed by atoms with Crippen molar-refractivity contribution in [2.45, 2.75) is 33.7 Å². The number of aliphatic hydroxyl groups excluding tert-OH is 1. The van der Waals surface area contributed by atoms with E-state index in [1.54, 1.807) is 43.3 Å². The topological polar surface area (TPSA) is 87.1 Å². The maximum absolute atomic E-state index is 13.4. The van der Waals surface area contributed by atoms with Crippen molar-refractivity contribution >= 4 is 34.7 Å². The Morgan fingerprint density at radius 1 is 1.00 bits per heavy atom. The number of aliphatic hydroxyl groups is 1. The number of ether oxygens (including phenoxy) is 1. The van der Waals surface area contributed by atoms with Gasteiger partial charge in [0, 0.05) is 16.3 Å². The van der Waals surface area contributed by atoms with Crippen LogP contribution in [-0.2, 0) is 9.59 Å². The van der Waals surface area contributed by atoms with E-state index in [1.807, 2.05) is 32.9 Å². The van der Waals surface area contributed by atoms with Crippen molar-refractivity contribution < 1.29 is 24.5 Å². The molecule has 35 heavy (non-hydrogen) atoms. The molecule has 0 aromatic heterocycles. The first-order valence-corrected chi connectivity index (χ1v) is 11.6. The first kappa shape index (κ1) is 24.4. The van der Waals surface area contributed by atoms with Gasteiger partial charge in [-0.2, -0.15) is 0 Å². The van der Waals surface area contributed by atoms with Crippen molar-refractivity contribution in [2.24, 2.45) is 0 Å². The summed E-state index contributed by atoms with van der Waals surface area (Å²) < 4.78 is 5.54. The Morgan fingerprint density at radius 3 is 2.40 bits per heavy atom. The van der Waals surface area contributed by atoms with Crippen LogP contribution >= 0.6 is 11.6 Å². The summed E-state index contributed by atoms with van der Waals surface area (Å²) in [5, 5.41) is 22.1. The number of phenolic OH excluding ortho intramolecular Hbond substituents is 1. The van der Waals surface area contributed by atoms with E-state index in [-0.39, 0.29) is 22.8 Å². The van der Waals surface area contributed by atoms with Crippen LogP contribution in [0.4, 0.5) is 5.69 Å². The molecule has 2 N–H and O–H groups in total. The summed E-state index contributed by atoms with van der Waals surface area (Å²) in [5.74, 6) is -1.71. The SMILES string of the molecule is CCOc1cc(C2/C(=C(\O)c3cc(C)ccc3C)C(=O)C(=O)N2c2ccc(C)c(Cl)c2)ccc1O. The summed E-state index contributed by atoms with van der Waals surface area (Å²) in [5.41, 5.74) is 3.82. The fourth-order valence-corrected chi connectivity index (χ4v) is 4.43. The second-order valence-corrected chi connectivity index (χ2v) is 8.99. The summed E-state index contributed by atoms with van der Waals surface area (Å²) in [6, 6.07) is 14.3. The van der Waals surface area contributed by atoms with Gasteiger partial charge < -0.3 is 14.9 Å². The molecule has 180 valence electrons. The van der Waals surface area contributed by atoms with E-state index in [9.17, 15) is 19.8 Å². The molecule has 1 aliphatic heterocycles. The number of rotatable bonds is 5. The van der Waals surface area contributed by atoms with E-state index in [0.717, 1.165) is 16.7 Å². The van der Waals surface area contributed by atoms with Crippen molar-refractivity contribution in [1.29, 1.82) is 0 Å². The fraction of sp³-hybridized carbons (Fsp3) is 0.214. The van der Waals surface area contributed by atoms with Gasteiger partial charge in [-0.15, -0.1) is 0 Å². The first-order valence-electron chi connectivity index (χ1n) is 11.2. The number of ketones is 1. The summed E-state index contributed by atoms with van der Waals surface area (Å²) in [7, 11) is 0. The summed E-state index contributed by atoms with van der Waals surface area (Å²) in [4.78, 5) is 28.1. The van der Waals surface area contributed by atoms with E-state index < -0.39 is 17.7 Å². The van der Waals surface area contributed by atoms with Gasteiger partial charge in [-0.1, -0.05) is 41.4 Å². The molecule has 0 radical (unpaired) electrons. The van der Waals surface area contributed by atoms with Crippen LogP contribution < -0.4 is 9.64 Å². The third-order valence-corrected chi connectivity index (χ3v) is 6.53. The maximum Gasteiger partial charge on any atom is 0.300 e. The molecule has 0 spiro atoms. The number of anilines is 1. The zero-order chi connectivity index (χ0) is 25.4. The molecule has 1 aliphatic rings. The molecule has 3 aromatic carbocycles. The number of halogens is 1. The molecular formula is C28H26ClNO5. The predicted molar refractivity (Wildman–Crippen MR) is 136 cm³/mol. The largest absolute Gasteiger partial charge is 0.507 e. The predicted octanol–water partition coefficient (Wildman–Crippen LogP) is 6.00. The lowest BCUT2D eigenvalue weighted by Gasteiger charge is -2.26. The average Bonchev–Trinajstić information content (AvgIpc) is 3.09. The number of hydrogen-bond acceptors (Lipinski definition) is 5. The van der Waals surface area contributed by atoms with Gasteiger partial charge >= 0.3 is 0 Å². The van der Waals surface area contributed by atoms with Gasteiger partial charge in [0.15, 0.2) is 11.5 Å². The number of benzene rings is 3. The minimum absolute atomic E-state index is 0.0477. The second-order valence-electron chi connectivity index (χ2n) is 8.58. The number of amides is 1. The highest BCUT2D eigenvalue weighted by Crippen LogP contribution is 2.45. The molecular weight excluding hydrogens is 466 g/mol.